The van der Waals surface area contributed by atoms with Crippen molar-refractivity contribution < 1.29 is 18.0 Å². The largest absolute Gasteiger partial charge is 0.401 e. The van der Waals surface area contributed by atoms with Gasteiger partial charge in [-0.15, -0.1) is 0 Å². The van der Waals surface area contributed by atoms with Crippen molar-refractivity contribution >= 4 is 5.91 Å². The Morgan fingerprint density at radius 1 is 1.53 bits per heavy atom. The van der Waals surface area contributed by atoms with Gasteiger partial charge in [0.1, 0.15) is 0 Å². The summed E-state index contributed by atoms with van der Waals surface area (Å²) < 4.78 is 36.7. The van der Waals surface area contributed by atoms with E-state index in [2.05, 4.69) is 0 Å². The van der Waals surface area contributed by atoms with E-state index >= 15 is 0 Å². The molecule has 0 aromatic heterocycles. The van der Waals surface area contributed by atoms with Crippen LogP contribution in [0.1, 0.15) is 25.7 Å². The van der Waals surface area contributed by atoms with Crippen LogP contribution in [0.5, 0.6) is 0 Å². The topological polar surface area (TPSA) is 72.3 Å². The Bertz CT molecular complexity index is 295. The lowest BCUT2D eigenvalue weighted by molar-refractivity contribution is -0.150. The van der Waals surface area contributed by atoms with Gasteiger partial charge in [-0.1, -0.05) is 0 Å². The molecule has 0 saturated heterocycles. The molecule has 0 bridgehead atoms. The lowest BCUT2D eigenvalue weighted by Gasteiger charge is -2.39. The maximum atomic E-state index is 12.2. The molecule has 0 spiro atoms. The van der Waals surface area contributed by atoms with Crippen molar-refractivity contribution in [2.75, 3.05) is 13.6 Å². The van der Waals surface area contributed by atoms with Crippen molar-refractivity contribution in [1.82, 2.24) is 4.90 Å². The van der Waals surface area contributed by atoms with Gasteiger partial charge in [0.2, 0.25) is 5.91 Å². The Kier molecular flexibility index (Phi) is 4.03. The summed E-state index contributed by atoms with van der Waals surface area (Å²) in [5, 5.41) is 0. The summed E-state index contributed by atoms with van der Waals surface area (Å²) in [7, 11) is 1.39. The summed E-state index contributed by atoms with van der Waals surface area (Å²) in [5.74, 6) is -0.636. The first-order valence-electron chi connectivity index (χ1n) is 5.50. The Balaban J connectivity index is 2.64. The molecule has 7 heteroatoms. The first-order valence-corrected chi connectivity index (χ1v) is 5.50. The normalized spacial score (nSPS) is 30.6. The van der Waals surface area contributed by atoms with Crippen LogP contribution < -0.4 is 11.5 Å². The number of primary amides is 1. The number of halogens is 3. The molecule has 4 nitrogen and oxygen atoms in total. The lowest BCUT2D eigenvalue weighted by atomic mass is 9.78. The highest BCUT2D eigenvalue weighted by Crippen LogP contribution is 2.30. The van der Waals surface area contributed by atoms with Crippen LogP contribution >= 0.6 is 0 Å². The first-order chi connectivity index (χ1) is 7.64. The van der Waals surface area contributed by atoms with E-state index in [1.54, 1.807) is 0 Å². The summed E-state index contributed by atoms with van der Waals surface area (Å²) in [6, 6.07) is -0.345. The third kappa shape index (κ3) is 3.85. The third-order valence-electron chi connectivity index (χ3n) is 3.30. The zero-order valence-electron chi connectivity index (χ0n) is 9.76. The summed E-state index contributed by atoms with van der Waals surface area (Å²) in [6.07, 6.45) is -2.38. The summed E-state index contributed by atoms with van der Waals surface area (Å²) in [6.45, 7) is -0.994. The fourth-order valence-corrected chi connectivity index (χ4v) is 2.29. The van der Waals surface area contributed by atoms with Crippen molar-refractivity contribution in [1.29, 1.82) is 0 Å². The molecule has 4 N–H and O–H groups in total. The van der Waals surface area contributed by atoms with Gasteiger partial charge in [-0.25, -0.2) is 0 Å². The van der Waals surface area contributed by atoms with Crippen molar-refractivity contribution in [3.05, 3.63) is 0 Å². The fourth-order valence-electron chi connectivity index (χ4n) is 2.29. The van der Waals surface area contributed by atoms with E-state index in [1.165, 1.54) is 11.9 Å². The Morgan fingerprint density at radius 2 is 2.12 bits per heavy atom. The molecular formula is C10H18F3N3O. The summed E-state index contributed by atoms with van der Waals surface area (Å²) in [4.78, 5) is 12.4. The Labute approximate surface area is 98.1 Å². The molecule has 1 amide bonds. The molecular weight excluding hydrogens is 235 g/mol. The van der Waals surface area contributed by atoms with E-state index < -0.39 is 24.2 Å². The molecule has 0 heterocycles. The van der Waals surface area contributed by atoms with E-state index in [1.807, 2.05) is 0 Å². The van der Waals surface area contributed by atoms with Gasteiger partial charge in [-0.3, -0.25) is 9.69 Å². The maximum Gasteiger partial charge on any atom is 0.401 e. The fraction of sp³-hybridized carbons (Fsp3) is 0.900. The monoisotopic (exact) mass is 253 g/mol. The molecule has 0 radical (unpaired) electrons. The predicted molar refractivity (Wildman–Crippen MR) is 57.1 cm³/mol. The van der Waals surface area contributed by atoms with E-state index in [-0.39, 0.29) is 12.5 Å². The summed E-state index contributed by atoms with van der Waals surface area (Å²) in [5.41, 5.74) is 9.83. The second-order valence-corrected chi connectivity index (χ2v) is 4.80. The van der Waals surface area contributed by atoms with Crippen LogP contribution in [0.25, 0.3) is 0 Å². The van der Waals surface area contributed by atoms with Crippen LogP contribution in [0.4, 0.5) is 13.2 Å². The molecule has 2 atom stereocenters. The quantitative estimate of drug-likeness (QED) is 0.774. The third-order valence-corrected chi connectivity index (χ3v) is 3.30. The number of rotatable bonds is 3. The van der Waals surface area contributed by atoms with Gasteiger partial charge in [-0.05, 0) is 32.7 Å². The van der Waals surface area contributed by atoms with Gasteiger partial charge < -0.3 is 11.5 Å². The van der Waals surface area contributed by atoms with Gasteiger partial charge in [0.25, 0.3) is 0 Å². The minimum absolute atomic E-state index is 0.189. The molecule has 0 aromatic carbocycles. The van der Waals surface area contributed by atoms with Crippen molar-refractivity contribution in [2.45, 2.75) is 43.4 Å². The highest BCUT2D eigenvalue weighted by Gasteiger charge is 2.41. The number of carbonyl (C=O) groups excluding carboxylic acids is 1. The molecule has 1 aliphatic rings. The van der Waals surface area contributed by atoms with Gasteiger partial charge in [-0.2, -0.15) is 13.2 Å². The van der Waals surface area contributed by atoms with Crippen molar-refractivity contribution in [3.8, 4) is 0 Å². The highest BCUT2D eigenvalue weighted by molar-refractivity contribution is 5.84. The van der Waals surface area contributed by atoms with Crippen LogP contribution in [0.3, 0.4) is 0 Å². The van der Waals surface area contributed by atoms with Crippen LogP contribution in [0.15, 0.2) is 0 Å². The molecule has 1 fully saturated rings. The molecule has 1 aliphatic carbocycles. The van der Waals surface area contributed by atoms with Crippen LogP contribution in [-0.2, 0) is 4.79 Å². The minimum Gasteiger partial charge on any atom is -0.368 e. The van der Waals surface area contributed by atoms with E-state index in [9.17, 15) is 18.0 Å². The molecule has 0 aliphatic heterocycles. The van der Waals surface area contributed by atoms with Gasteiger partial charge in [0.05, 0.1) is 12.1 Å². The SMILES string of the molecule is CN(CC(F)(F)F)C1CCCC(N)(C(N)=O)C1. The van der Waals surface area contributed by atoms with Crippen molar-refractivity contribution in [2.24, 2.45) is 11.5 Å². The van der Waals surface area contributed by atoms with Crippen LogP contribution in [-0.4, -0.2) is 42.2 Å². The van der Waals surface area contributed by atoms with E-state index in [4.69, 9.17) is 11.5 Å². The van der Waals surface area contributed by atoms with Crippen molar-refractivity contribution in [3.63, 3.8) is 0 Å². The zero-order valence-corrected chi connectivity index (χ0v) is 9.76. The van der Waals surface area contributed by atoms with Gasteiger partial charge in [0.15, 0.2) is 0 Å². The van der Waals surface area contributed by atoms with E-state index in [0.717, 1.165) is 0 Å². The second-order valence-electron chi connectivity index (χ2n) is 4.80. The maximum absolute atomic E-state index is 12.2. The number of nitrogens with zero attached hydrogens (tertiary/aromatic N) is 1. The summed E-state index contributed by atoms with van der Waals surface area (Å²) >= 11 is 0. The molecule has 1 rings (SSSR count). The lowest BCUT2D eigenvalue weighted by Crippen LogP contribution is -2.58. The number of amides is 1. The molecule has 2 unspecified atom stereocenters. The number of carbonyl (C=O) groups is 1. The molecule has 17 heavy (non-hydrogen) atoms. The molecule has 0 aromatic rings. The average Bonchev–Trinajstić information content (AvgIpc) is 2.15. The van der Waals surface area contributed by atoms with Gasteiger partial charge >= 0.3 is 6.18 Å². The highest BCUT2D eigenvalue weighted by atomic mass is 19.4. The van der Waals surface area contributed by atoms with Gasteiger partial charge in [0, 0.05) is 6.04 Å². The standard InChI is InChI=1S/C10H18F3N3O/c1-16(6-10(11,12)13)7-3-2-4-9(15,5-7)8(14)17/h7H,2-6,15H2,1H3,(H2,14,17). The number of nitrogens with two attached hydrogens (primary N) is 2. The Morgan fingerprint density at radius 3 is 2.59 bits per heavy atom. The molecule has 1 saturated carbocycles. The average molecular weight is 253 g/mol. The Hall–Kier alpha value is -0.820. The first kappa shape index (κ1) is 14.2. The number of hydrogen-bond donors (Lipinski definition) is 2. The predicted octanol–water partition coefficient (Wildman–Crippen LogP) is 0.606. The number of alkyl halides is 3. The van der Waals surface area contributed by atoms with E-state index in [0.29, 0.717) is 19.3 Å². The number of hydrogen-bond acceptors (Lipinski definition) is 3. The zero-order chi connectivity index (χ0) is 13.3. The van der Waals surface area contributed by atoms with Crippen LogP contribution in [0.2, 0.25) is 0 Å². The van der Waals surface area contributed by atoms with Crippen LogP contribution in [0, 0.1) is 0 Å². The minimum atomic E-state index is -4.24. The smallest absolute Gasteiger partial charge is 0.368 e. The second kappa shape index (κ2) is 4.81. The molecule has 100 valence electrons.